The maximum absolute atomic E-state index is 11.5. The Morgan fingerprint density at radius 2 is 2.00 bits per heavy atom. The number of rotatable bonds is 3. The van der Waals surface area contributed by atoms with Gasteiger partial charge in [-0.15, -0.1) is 0 Å². The van der Waals surface area contributed by atoms with E-state index in [2.05, 4.69) is 14.1 Å². The number of aromatic nitrogens is 2. The number of hydrogen-bond donors (Lipinski definition) is 1. The minimum atomic E-state index is -0.0580. The maximum Gasteiger partial charge on any atom is 0.241 e. The van der Waals surface area contributed by atoms with E-state index in [4.69, 9.17) is 23.2 Å². The number of anilines is 1. The second-order valence-electron chi connectivity index (χ2n) is 3.82. The van der Waals surface area contributed by atoms with Crippen LogP contribution in [0.15, 0.2) is 6.07 Å². The Hall–Kier alpha value is -1.11. The third kappa shape index (κ3) is 2.50. The van der Waals surface area contributed by atoms with Crippen molar-refractivity contribution < 1.29 is 4.79 Å². The highest BCUT2D eigenvalue weighted by molar-refractivity contribution is 7.00. The highest BCUT2D eigenvalue weighted by Gasteiger charge is 2.14. The molecular formula is C10H10Cl2N4OS. The van der Waals surface area contributed by atoms with Gasteiger partial charge in [0.25, 0.3) is 0 Å². The van der Waals surface area contributed by atoms with Gasteiger partial charge >= 0.3 is 0 Å². The van der Waals surface area contributed by atoms with Gasteiger partial charge in [-0.3, -0.25) is 4.79 Å². The lowest BCUT2D eigenvalue weighted by Gasteiger charge is -2.13. The Morgan fingerprint density at radius 3 is 2.67 bits per heavy atom. The molecule has 1 aromatic carbocycles. The van der Waals surface area contributed by atoms with Gasteiger partial charge in [-0.05, 0) is 6.07 Å². The van der Waals surface area contributed by atoms with Crippen LogP contribution in [0.3, 0.4) is 0 Å². The normalized spacial score (nSPS) is 10.7. The van der Waals surface area contributed by atoms with Crippen LogP contribution in [0.5, 0.6) is 0 Å². The van der Waals surface area contributed by atoms with Crippen LogP contribution < -0.4 is 5.32 Å². The number of nitrogens with one attached hydrogen (secondary N) is 1. The number of likely N-dealkylation sites (N-methyl/N-ethyl adjacent to an activating group) is 1. The van der Waals surface area contributed by atoms with Crippen molar-refractivity contribution in [2.45, 2.75) is 0 Å². The lowest BCUT2D eigenvalue weighted by molar-refractivity contribution is -0.126. The van der Waals surface area contributed by atoms with Crippen LogP contribution in [0.25, 0.3) is 11.0 Å². The molecule has 0 spiro atoms. The van der Waals surface area contributed by atoms with Crippen LogP contribution >= 0.6 is 34.9 Å². The molecule has 0 saturated heterocycles. The van der Waals surface area contributed by atoms with Crippen molar-refractivity contribution in [3.05, 3.63) is 16.1 Å². The summed E-state index contributed by atoms with van der Waals surface area (Å²) < 4.78 is 8.22. The van der Waals surface area contributed by atoms with Crippen LogP contribution in [-0.4, -0.2) is 40.2 Å². The fourth-order valence-corrected chi connectivity index (χ4v) is 2.54. The van der Waals surface area contributed by atoms with Crippen LogP contribution in [0, 0.1) is 0 Å². The molecule has 0 saturated carbocycles. The summed E-state index contributed by atoms with van der Waals surface area (Å²) in [6.45, 7) is 0.140. The third-order valence-corrected chi connectivity index (χ3v) is 3.47. The van der Waals surface area contributed by atoms with Crippen molar-refractivity contribution in [2.75, 3.05) is 26.0 Å². The molecule has 8 heteroatoms. The lowest BCUT2D eigenvalue weighted by Crippen LogP contribution is -2.28. The van der Waals surface area contributed by atoms with E-state index in [1.54, 1.807) is 20.2 Å². The molecule has 1 N–H and O–H groups in total. The third-order valence-electron chi connectivity index (χ3n) is 2.36. The smallest absolute Gasteiger partial charge is 0.241 e. The zero-order valence-corrected chi connectivity index (χ0v) is 12.0. The minimum absolute atomic E-state index is 0.0580. The predicted molar refractivity (Wildman–Crippen MR) is 74.6 cm³/mol. The summed E-state index contributed by atoms with van der Waals surface area (Å²) in [5.41, 5.74) is 1.76. The number of amides is 1. The average molecular weight is 305 g/mol. The van der Waals surface area contributed by atoms with E-state index < -0.39 is 0 Å². The second kappa shape index (κ2) is 5.26. The number of benzene rings is 1. The van der Waals surface area contributed by atoms with Gasteiger partial charge in [-0.1, -0.05) is 23.2 Å². The standard InChI is InChI=1S/C10H10Cl2N4OS/c1-16(2)7(17)4-13-8-5(11)3-6(12)9-10(8)15-18-14-9/h3,13H,4H2,1-2H3. The zero-order chi connectivity index (χ0) is 13.3. The van der Waals surface area contributed by atoms with Crippen LogP contribution in [0.1, 0.15) is 0 Å². The van der Waals surface area contributed by atoms with Crippen LogP contribution in [0.4, 0.5) is 5.69 Å². The fourth-order valence-electron chi connectivity index (χ4n) is 1.36. The predicted octanol–water partition coefficient (Wildman–Crippen LogP) is 2.50. The summed E-state index contributed by atoms with van der Waals surface area (Å²) in [6.07, 6.45) is 0. The molecule has 1 amide bonds. The zero-order valence-electron chi connectivity index (χ0n) is 9.70. The lowest BCUT2D eigenvalue weighted by atomic mass is 10.2. The van der Waals surface area contributed by atoms with Gasteiger partial charge in [0.05, 0.1) is 34.0 Å². The van der Waals surface area contributed by atoms with E-state index in [0.29, 0.717) is 26.8 Å². The molecule has 0 bridgehead atoms. The van der Waals surface area contributed by atoms with E-state index in [0.717, 1.165) is 11.7 Å². The molecule has 0 atom stereocenters. The SMILES string of the molecule is CN(C)C(=O)CNc1c(Cl)cc(Cl)c2nsnc12. The molecule has 2 aromatic rings. The van der Waals surface area contributed by atoms with Gasteiger partial charge < -0.3 is 10.2 Å². The Bertz CT molecular complexity index is 599. The first-order valence-corrected chi connectivity index (χ1v) is 6.53. The summed E-state index contributed by atoms with van der Waals surface area (Å²) in [7, 11) is 3.38. The first-order valence-electron chi connectivity index (χ1n) is 5.05. The number of nitrogens with zero attached hydrogens (tertiary/aromatic N) is 3. The molecule has 1 heterocycles. The molecule has 18 heavy (non-hydrogen) atoms. The molecule has 5 nitrogen and oxygen atoms in total. The van der Waals surface area contributed by atoms with Gasteiger partial charge in [-0.25, -0.2) is 0 Å². The first-order chi connectivity index (χ1) is 8.50. The van der Waals surface area contributed by atoms with Crippen molar-refractivity contribution in [2.24, 2.45) is 0 Å². The summed E-state index contributed by atoms with van der Waals surface area (Å²) in [5.74, 6) is -0.0580. The number of hydrogen-bond acceptors (Lipinski definition) is 5. The fraction of sp³-hybridized carbons (Fsp3) is 0.300. The molecule has 0 aliphatic carbocycles. The van der Waals surface area contributed by atoms with E-state index in [1.807, 2.05) is 0 Å². The van der Waals surface area contributed by atoms with Crippen LogP contribution in [-0.2, 0) is 4.79 Å². The molecule has 0 fully saturated rings. The topological polar surface area (TPSA) is 58.1 Å². The maximum atomic E-state index is 11.5. The molecular weight excluding hydrogens is 295 g/mol. The molecule has 2 rings (SSSR count). The van der Waals surface area contributed by atoms with Gasteiger partial charge in [0, 0.05) is 14.1 Å². The minimum Gasteiger partial charge on any atom is -0.373 e. The Balaban J connectivity index is 2.33. The van der Waals surface area contributed by atoms with Crippen LogP contribution in [0.2, 0.25) is 10.0 Å². The number of halogens is 2. The van der Waals surface area contributed by atoms with E-state index in [1.165, 1.54) is 4.90 Å². The quantitative estimate of drug-likeness (QED) is 0.946. The molecule has 96 valence electrons. The molecule has 0 aliphatic rings. The monoisotopic (exact) mass is 304 g/mol. The van der Waals surface area contributed by atoms with Crippen molar-refractivity contribution >= 4 is 57.6 Å². The summed E-state index contributed by atoms with van der Waals surface area (Å²) in [6, 6.07) is 1.59. The van der Waals surface area contributed by atoms with Gasteiger partial charge in [0.15, 0.2) is 0 Å². The van der Waals surface area contributed by atoms with E-state index in [9.17, 15) is 4.79 Å². The Kier molecular flexibility index (Phi) is 3.89. The number of carbonyl (C=O) groups is 1. The van der Waals surface area contributed by atoms with Crippen molar-refractivity contribution in [3.63, 3.8) is 0 Å². The van der Waals surface area contributed by atoms with Crippen molar-refractivity contribution in [1.82, 2.24) is 13.6 Å². The first kappa shape index (κ1) is 13.3. The van der Waals surface area contributed by atoms with Crippen molar-refractivity contribution in [1.29, 1.82) is 0 Å². The number of fused-ring (bicyclic) bond motifs is 1. The molecule has 0 unspecified atom stereocenters. The number of carbonyl (C=O) groups excluding carboxylic acids is 1. The second-order valence-corrected chi connectivity index (χ2v) is 5.16. The van der Waals surface area contributed by atoms with Gasteiger partial charge in [-0.2, -0.15) is 8.75 Å². The van der Waals surface area contributed by atoms with E-state index >= 15 is 0 Å². The Labute approximate surface area is 118 Å². The largest absolute Gasteiger partial charge is 0.373 e. The molecule has 0 radical (unpaired) electrons. The van der Waals surface area contributed by atoms with Gasteiger partial charge in [0.1, 0.15) is 11.0 Å². The Morgan fingerprint density at radius 1 is 1.33 bits per heavy atom. The van der Waals surface area contributed by atoms with Gasteiger partial charge in [0.2, 0.25) is 5.91 Å². The summed E-state index contributed by atoms with van der Waals surface area (Å²) >= 11 is 13.2. The molecule has 0 aliphatic heterocycles. The molecule has 1 aromatic heterocycles. The van der Waals surface area contributed by atoms with E-state index in [-0.39, 0.29) is 12.5 Å². The highest BCUT2D eigenvalue weighted by atomic mass is 35.5. The average Bonchev–Trinajstić information content (AvgIpc) is 2.77. The summed E-state index contributed by atoms with van der Waals surface area (Å²) in [4.78, 5) is 13.0. The van der Waals surface area contributed by atoms with Crippen molar-refractivity contribution in [3.8, 4) is 0 Å². The highest BCUT2D eigenvalue weighted by Crippen LogP contribution is 2.34. The summed E-state index contributed by atoms with van der Waals surface area (Å²) in [5, 5.41) is 3.85.